The molecule has 9 heteroatoms. The summed E-state index contributed by atoms with van der Waals surface area (Å²) in [7, 11) is 1.39. The second-order valence-corrected chi connectivity index (χ2v) is 9.26. The number of para-hydroxylation sites is 1. The fraction of sp³-hybridized carbons (Fsp3) is 0.276. The molecule has 1 saturated heterocycles. The minimum Gasteiger partial charge on any atom is -0.492 e. The summed E-state index contributed by atoms with van der Waals surface area (Å²) in [5.74, 6) is 5.63. The van der Waals surface area contributed by atoms with Gasteiger partial charge in [-0.25, -0.2) is 4.39 Å². The molecule has 0 aliphatic carbocycles. The second-order valence-electron chi connectivity index (χ2n) is 9.26. The lowest BCUT2D eigenvalue weighted by Gasteiger charge is -2.23. The van der Waals surface area contributed by atoms with E-state index in [1.54, 1.807) is 29.4 Å². The number of ether oxygens (including phenoxy) is 1. The van der Waals surface area contributed by atoms with E-state index in [0.29, 0.717) is 41.2 Å². The number of aromatic nitrogens is 2. The Hall–Kier alpha value is -4.58. The number of hydrogen-bond donors (Lipinski definition) is 3. The molecule has 2 aliphatic heterocycles. The number of nitrogens with one attached hydrogen (secondary N) is 3. The van der Waals surface area contributed by atoms with E-state index < -0.39 is 5.82 Å². The number of H-pyrrole nitrogens is 1. The molecule has 2 aromatic heterocycles. The SMILES string of the molecule is C=CC(=O)N1[C@@H](C)CC[C@@H]1C#Cc1cnccc1-c1[nH]c2c(c1Nc1cccc(F)c1OC)C(=O)NCC2. The van der Waals surface area contributed by atoms with Crippen molar-refractivity contribution < 1.29 is 18.7 Å². The van der Waals surface area contributed by atoms with Gasteiger partial charge in [0, 0.05) is 42.7 Å². The summed E-state index contributed by atoms with van der Waals surface area (Å²) in [4.78, 5) is 34.8. The molecule has 1 aromatic carbocycles. The summed E-state index contributed by atoms with van der Waals surface area (Å²) in [5.41, 5.74) is 4.09. The van der Waals surface area contributed by atoms with Crippen molar-refractivity contribution in [2.75, 3.05) is 19.0 Å². The highest BCUT2D eigenvalue weighted by Gasteiger charge is 2.32. The second kappa shape index (κ2) is 10.4. The van der Waals surface area contributed by atoms with Gasteiger partial charge in [0.2, 0.25) is 5.91 Å². The number of benzene rings is 1. The van der Waals surface area contributed by atoms with Gasteiger partial charge in [-0.05, 0) is 44.0 Å². The Labute approximate surface area is 220 Å². The molecule has 1 fully saturated rings. The molecule has 5 rings (SSSR count). The van der Waals surface area contributed by atoms with Crippen LogP contribution in [0.15, 0.2) is 49.3 Å². The van der Waals surface area contributed by atoms with E-state index in [9.17, 15) is 14.0 Å². The maximum absolute atomic E-state index is 14.5. The van der Waals surface area contributed by atoms with Crippen LogP contribution in [-0.2, 0) is 11.2 Å². The normalized spacial score (nSPS) is 18.2. The van der Waals surface area contributed by atoms with Crippen LogP contribution in [-0.4, -0.2) is 52.4 Å². The third-order valence-corrected chi connectivity index (χ3v) is 6.96. The molecule has 0 radical (unpaired) electrons. The Morgan fingerprint density at radius 1 is 1.34 bits per heavy atom. The van der Waals surface area contributed by atoms with Gasteiger partial charge >= 0.3 is 0 Å². The van der Waals surface area contributed by atoms with E-state index in [1.807, 2.05) is 13.0 Å². The standard InChI is InChI=1S/C29H28FN5O3/c1-4-24(36)35-17(2)8-10-19(35)11-9-18-16-31-14-12-20(18)26-27(25-22(33-26)13-15-32-29(25)37)34-23-7-5-6-21(30)28(23)38-3/h4-7,12,14,16-17,19,33-34H,1,8,10,13,15H2,2-3H3,(H,32,37)/t17-,19+/m0/s1. The van der Waals surface area contributed by atoms with Crippen molar-refractivity contribution in [2.24, 2.45) is 0 Å². The van der Waals surface area contributed by atoms with E-state index in [0.717, 1.165) is 24.1 Å². The van der Waals surface area contributed by atoms with Gasteiger partial charge in [-0.1, -0.05) is 24.5 Å². The van der Waals surface area contributed by atoms with Crippen LogP contribution in [0, 0.1) is 17.7 Å². The number of amides is 2. The third kappa shape index (κ3) is 4.50. The lowest BCUT2D eigenvalue weighted by atomic mass is 10.0. The molecule has 8 nitrogen and oxygen atoms in total. The van der Waals surface area contributed by atoms with Crippen LogP contribution in [0.3, 0.4) is 0 Å². The van der Waals surface area contributed by atoms with Crippen molar-refractivity contribution in [3.05, 3.63) is 72.0 Å². The first kappa shape index (κ1) is 25.1. The van der Waals surface area contributed by atoms with Gasteiger partial charge in [0.25, 0.3) is 5.91 Å². The minimum atomic E-state index is -0.521. The van der Waals surface area contributed by atoms with Crippen LogP contribution in [0.4, 0.5) is 15.8 Å². The van der Waals surface area contributed by atoms with Crippen molar-refractivity contribution in [1.29, 1.82) is 0 Å². The number of aromatic amines is 1. The molecule has 38 heavy (non-hydrogen) atoms. The molecule has 0 spiro atoms. The van der Waals surface area contributed by atoms with Crippen LogP contribution in [0.2, 0.25) is 0 Å². The third-order valence-electron chi connectivity index (χ3n) is 6.96. The highest BCUT2D eigenvalue weighted by Crippen LogP contribution is 2.40. The summed E-state index contributed by atoms with van der Waals surface area (Å²) in [6, 6.07) is 6.23. The Bertz CT molecular complexity index is 1490. The number of pyridine rings is 1. The van der Waals surface area contributed by atoms with Gasteiger partial charge in [0.05, 0.1) is 41.3 Å². The molecule has 3 N–H and O–H groups in total. The topological polar surface area (TPSA) is 99.3 Å². The predicted octanol–water partition coefficient (Wildman–Crippen LogP) is 4.17. The number of carbonyl (C=O) groups is 2. The number of nitrogens with zero attached hydrogens (tertiary/aromatic N) is 2. The zero-order chi connectivity index (χ0) is 26.8. The number of methoxy groups -OCH3 is 1. The van der Waals surface area contributed by atoms with Gasteiger partial charge in [0.15, 0.2) is 11.6 Å². The molecular formula is C29H28FN5O3. The molecule has 0 bridgehead atoms. The Morgan fingerprint density at radius 3 is 2.97 bits per heavy atom. The highest BCUT2D eigenvalue weighted by atomic mass is 19.1. The van der Waals surface area contributed by atoms with E-state index in [4.69, 9.17) is 4.74 Å². The maximum Gasteiger partial charge on any atom is 0.255 e. The zero-order valence-corrected chi connectivity index (χ0v) is 21.2. The van der Waals surface area contributed by atoms with Gasteiger partial charge in [0.1, 0.15) is 0 Å². The Balaban J connectivity index is 1.61. The van der Waals surface area contributed by atoms with E-state index in [2.05, 4.69) is 39.0 Å². The first-order chi connectivity index (χ1) is 18.4. The summed E-state index contributed by atoms with van der Waals surface area (Å²) in [6.07, 6.45) is 6.87. The summed E-state index contributed by atoms with van der Waals surface area (Å²) < 4.78 is 19.7. The van der Waals surface area contributed by atoms with Gasteiger partial charge in [-0.2, -0.15) is 0 Å². The highest BCUT2D eigenvalue weighted by molar-refractivity contribution is 6.06. The van der Waals surface area contributed by atoms with Crippen molar-refractivity contribution >= 4 is 23.2 Å². The first-order valence-corrected chi connectivity index (χ1v) is 12.5. The monoisotopic (exact) mass is 513 g/mol. The summed E-state index contributed by atoms with van der Waals surface area (Å²) in [5, 5.41) is 6.12. The summed E-state index contributed by atoms with van der Waals surface area (Å²) >= 11 is 0. The fourth-order valence-electron chi connectivity index (χ4n) is 5.13. The molecular weight excluding hydrogens is 485 g/mol. The number of anilines is 2. The molecule has 3 aromatic rings. The molecule has 0 saturated carbocycles. The van der Waals surface area contributed by atoms with Crippen LogP contribution >= 0.6 is 0 Å². The van der Waals surface area contributed by atoms with Crippen LogP contribution in [0.25, 0.3) is 11.3 Å². The quantitative estimate of drug-likeness (QED) is 0.351. The minimum absolute atomic E-state index is 0.0432. The average molecular weight is 514 g/mol. The largest absolute Gasteiger partial charge is 0.492 e. The summed E-state index contributed by atoms with van der Waals surface area (Å²) in [6.45, 7) is 6.13. The van der Waals surface area contributed by atoms with Gasteiger partial charge < -0.3 is 25.3 Å². The molecule has 2 amide bonds. The molecule has 4 heterocycles. The van der Waals surface area contributed by atoms with Crippen molar-refractivity contribution in [3.63, 3.8) is 0 Å². The van der Waals surface area contributed by atoms with E-state index >= 15 is 0 Å². The fourth-order valence-corrected chi connectivity index (χ4v) is 5.13. The van der Waals surface area contributed by atoms with Gasteiger partial charge in [-0.15, -0.1) is 0 Å². The predicted molar refractivity (Wildman–Crippen MR) is 143 cm³/mol. The number of rotatable bonds is 5. The molecule has 2 aliphatic rings. The number of likely N-dealkylation sites (tertiary alicyclic amines) is 1. The smallest absolute Gasteiger partial charge is 0.255 e. The number of carbonyl (C=O) groups excluding carboxylic acids is 2. The van der Waals surface area contributed by atoms with Crippen molar-refractivity contribution in [2.45, 2.75) is 38.3 Å². The zero-order valence-electron chi connectivity index (χ0n) is 21.2. The lowest BCUT2D eigenvalue weighted by molar-refractivity contribution is -0.127. The van der Waals surface area contributed by atoms with Crippen LogP contribution in [0.1, 0.15) is 41.4 Å². The lowest BCUT2D eigenvalue weighted by Crippen LogP contribution is -2.38. The first-order valence-electron chi connectivity index (χ1n) is 12.5. The number of hydrogen-bond acceptors (Lipinski definition) is 5. The average Bonchev–Trinajstić information content (AvgIpc) is 3.48. The molecule has 2 atom stereocenters. The van der Waals surface area contributed by atoms with Gasteiger partial charge in [-0.3, -0.25) is 14.6 Å². The molecule has 0 unspecified atom stereocenters. The van der Waals surface area contributed by atoms with Crippen molar-refractivity contribution in [3.8, 4) is 28.8 Å². The van der Waals surface area contributed by atoms with E-state index in [1.165, 1.54) is 19.3 Å². The van der Waals surface area contributed by atoms with Crippen LogP contribution < -0.4 is 15.4 Å². The van der Waals surface area contributed by atoms with Crippen LogP contribution in [0.5, 0.6) is 5.75 Å². The Kier molecular flexibility index (Phi) is 6.88. The molecule has 194 valence electrons. The number of fused-ring (bicyclic) bond motifs is 1. The number of halogens is 1. The maximum atomic E-state index is 14.5. The Morgan fingerprint density at radius 2 is 2.18 bits per heavy atom. The van der Waals surface area contributed by atoms with Crippen molar-refractivity contribution in [1.82, 2.24) is 20.2 Å². The van der Waals surface area contributed by atoms with E-state index in [-0.39, 0.29) is 29.6 Å².